The number of rotatable bonds is 14. The standard InChI is InChI=1S/C52H79NO17S/c1-15-38-44(70-71(14,59)60)41(55)31(4)40(54)29(2)27-51(8,61-12)45(69-50-43(37(53(10)11)26-30(3)63-50)67-48(57)35-22-18-16-19-23-35)32(5)42(33(6)47(56)65-38)66-39-28-52(9,62-13)46(34(7)64-39)68-49(58)36-24-20-17-21-25-36/h16-25,29-34,37-46,50,54-55H,15,26-28H2,1-14H3/t29-,30-,31+,32+,33-,34+,37+,38-,39?,40+,41-,42+,43-,44+,45-,46+,50?,51+,52-/m1/s1. The van der Waals surface area contributed by atoms with E-state index >= 15 is 0 Å². The lowest BCUT2D eigenvalue weighted by molar-refractivity contribution is -0.319. The summed E-state index contributed by atoms with van der Waals surface area (Å²) in [5.74, 6) is -5.74. The zero-order valence-electron chi connectivity index (χ0n) is 43.8. The SMILES string of the molecule is CC[C@H]1OC(=O)[C@H](C)[C@@H](OC2C[C@@](C)(OC)[C@@H](OC(=O)c3ccccc3)[C@H](C)O2)[C@H](C)[C@@H](OC2O[C@H](C)C[C@H](N(C)C)[C@H]2OC(=O)c2ccccc2)[C@@](C)(OC)C[C@@H](C)[C@H](O)[C@H](C)[C@@H](O)[C@H]1OS(C)(=O)=O. The summed E-state index contributed by atoms with van der Waals surface area (Å²) in [4.78, 5) is 44.0. The van der Waals surface area contributed by atoms with Crippen molar-refractivity contribution in [3.8, 4) is 0 Å². The summed E-state index contributed by atoms with van der Waals surface area (Å²) in [6.45, 7) is 15.6. The summed E-state index contributed by atoms with van der Waals surface area (Å²) in [7, 11) is 2.51. The topological polar surface area (TPSA) is 221 Å². The normalized spacial score (nSPS) is 38.9. The lowest BCUT2D eigenvalue weighted by Crippen LogP contribution is -2.62. The summed E-state index contributed by atoms with van der Waals surface area (Å²) < 4.78 is 89.3. The third-order valence-corrected chi connectivity index (χ3v) is 15.3. The van der Waals surface area contributed by atoms with Gasteiger partial charge in [0, 0.05) is 32.5 Å². The van der Waals surface area contributed by atoms with Crippen molar-refractivity contribution in [2.24, 2.45) is 23.7 Å². The molecule has 71 heavy (non-hydrogen) atoms. The molecule has 3 heterocycles. The maximum atomic E-state index is 14.8. The predicted molar refractivity (Wildman–Crippen MR) is 260 cm³/mol. The minimum Gasteiger partial charge on any atom is -0.459 e. The largest absolute Gasteiger partial charge is 0.459 e. The monoisotopic (exact) mass is 1020 g/mol. The highest BCUT2D eigenvalue weighted by atomic mass is 32.2. The number of hydrogen-bond donors (Lipinski definition) is 2. The highest BCUT2D eigenvalue weighted by Crippen LogP contribution is 2.43. The molecule has 0 radical (unpaired) electrons. The molecule has 3 aliphatic rings. The molecule has 2 aromatic carbocycles. The number of aliphatic hydroxyl groups is 2. The number of methoxy groups -OCH3 is 2. The molecule has 0 bridgehead atoms. The van der Waals surface area contributed by atoms with Gasteiger partial charge in [0.2, 0.25) is 0 Å². The zero-order valence-corrected chi connectivity index (χ0v) is 44.6. The van der Waals surface area contributed by atoms with Crippen LogP contribution in [0.5, 0.6) is 0 Å². The maximum Gasteiger partial charge on any atom is 0.338 e. The van der Waals surface area contributed by atoms with Crippen LogP contribution in [0.4, 0.5) is 0 Å². The Morgan fingerprint density at radius 1 is 0.746 bits per heavy atom. The molecule has 2 aromatic rings. The van der Waals surface area contributed by atoms with Crippen molar-refractivity contribution in [3.05, 3.63) is 71.8 Å². The molecule has 3 saturated heterocycles. The number of ether oxygens (including phenoxy) is 9. The summed E-state index contributed by atoms with van der Waals surface area (Å²) >= 11 is 0. The van der Waals surface area contributed by atoms with E-state index in [1.807, 2.05) is 32.8 Å². The van der Waals surface area contributed by atoms with E-state index in [1.165, 1.54) is 14.2 Å². The fourth-order valence-electron chi connectivity index (χ4n) is 10.5. The van der Waals surface area contributed by atoms with E-state index in [0.29, 0.717) is 17.5 Å². The molecule has 3 fully saturated rings. The van der Waals surface area contributed by atoms with Crippen molar-refractivity contribution in [2.45, 2.75) is 179 Å². The van der Waals surface area contributed by atoms with Crippen LogP contribution in [-0.2, 0) is 61.7 Å². The van der Waals surface area contributed by atoms with Crippen molar-refractivity contribution >= 4 is 28.0 Å². The van der Waals surface area contributed by atoms with Gasteiger partial charge in [0.05, 0.1) is 71.6 Å². The summed E-state index contributed by atoms with van der Waals surface area (Å²) in [6.07, 6.45) is -12.1. The fourth-order valence-corrected chi connectivity index (χ4v) is 11.2. The smallest absolute Gasteiger partial charge is 0.338 e. The second-order valence-electron chi connectivity index (χ2n) is 20.5. The van der Waals surface area contributed by atoms with Gasteiger partial charge in [-0.25, -0.2) is 9.59 Å². The summed E-state index contributed by atoms with van der Waals surface area (Å²) in [5, 5.41) is 23.9. The van der Waals surface area contributed by atoms with E-state index < -0.39 is 130 Å². The number of likely N-dealkylation sites (N-methyl/N-ethyl adjacent to an activating group) is 1. The number of cyclic esters (lactones) is 1. The van der Waals surface area contributed by atoms with Crippen molar-refractivity contribution < 1.29 is 79.8 Å². The molecule has 19 atom stereocenters. The van der Waals surface area contributed by atoms with Crippen molar-refractivity contribution in [3.63, 3.8) is 0 Å². The predicted octanol–water partition coefficient (Wildman–Crippen LogP) is 5.55. The minimum atomic E-state index is -4.23. The quantitative estimate of drug-likeness (QED) is 0.134. The van der Waals surface area contributed by atoms with Gasteiger partial charge >= 0.3 is 17.9 Å². The third kappa shape index (κ3) is 14.2. The van der Waals surface area contributed by atoms with E-state index in [9.17, 15) is 33.0 Å². The maximum absolute atomic E-state index is 14.8. The first kappa shape index (κ1) is 58.3. The summed E-state index contributed by atoms with van der Waals surface area (Å²) in [6, 6.07) is 16.7. The number of carbonyl (C=O) groups excluding carboxylic acids is 3. The van der Waals surface area contributed by atoms with Gasteiger partial charge < -0.3 is 57.7 Å². The zero-order chi connectivity index (χ0) is 52.7. The molecule has 3 aliphatic heterocycles. The van der Waals surface area contributed by atoms with Gasteiger partial charge in [0.15, 0.2) is 24.8 Å². The Balaban J connectivity index is 1.64. The lowest BCUT2D eigenvalue weighted by Gasteiger charge is -2.50. The van der Waals surface area contributed by atoms with Crippen LogP contribution in [-0.4, -0.2) is 167 Å². The minimum absolute atomic E-state index is 0.0130. The van der Waals surface area contributed by atoms with Gasteiger partial charge in [-0.1, -0.05) is 64.1 Å². The Labute approximate surface area is 420 Å². The van der Waals surface area contributed by atoms with Crippen LogP contribution in [0.15, 0.2) is 60.7 Å². The molecule has 19 heteroatoms. The van der Waals surface area contributed by atoms with E-state index in [1.54, 1.807) is 109 Å². The molecule has 400 valence electrons. The van der Waals surface area contributed by atoms with Crippen LogP contribution in [0.25, 0.3) is 0 Å². The molecule has 0 aliphatic carbocycles. The van der Waals surface area contributed by atoms with Crippen LogP contribution in [0.1, 0.15) is 109 Å². The highest BCUT2D eigenvalue weighted by molar-refractivity contribution is 7.86. The second kappa shape index (κ2) is 24.6. The molecule has 0 aromatic heterocycles. The van der Waals surface area contributed by atoms with Gasteiger partial charge in [0.1, 0.15) is 17.8 Å². The first-order valence-electron chi connectivity index (χ1n) is 24.6. The van der Waals surface area contributed by atoms with Gasteiger partial charge in [0.25, 0.3) is 10.1 Å². The Bertz CT molecular complexity index is 2150. The fraction of sp³-hybridized carbons (Fsp3) is 0.712. The van der Waals surface area contributed by atoms with Crippen LogP contribution in [0.2, 0.25) is 0 Å². The van der Waals surface area contributed by atoms with E-state index in [2.05, 4.69) is 0 Å². The Hall–Kier alpha value is -3.60. The van der Waals surface area contributed by atoms with Crippen molar-refractivity contribution in [1.29, 1.82) is 0 Å². The van der Waals surface area contributed by atoms with Crippen LogP contribution < -0.4 is 0 Å². The van der Waals surface area contributed by atoms with Crippen molar-refractivity contribution in [1.82, 2.24) is 4.90 Å². The molecule has 0 amide bonds. The molecule has 5 rings (SSSR count). The molecule has 0 spiro atoms. The molecular formula is C52H79NO17S. The van der Waals surface area contributed by atoms with Gasteiger partial charge in [-0.2, -0.15) is 8.42 Å². The molecular weight excluding hydrogens is 943 g/mol. The molecule has 0 saturated carbocycles. The highest BCUT2D eigenvalue weighted by Gasteiger charge is 2.55. The second-order valence-corrected chi connectivity index (χ2v) is 22.1. The Morgan fingerprint density at radius 2 is 1.30 bits per heavy atom. The van der Waals surface area contributed by atoms with Crippen LogP contribution in [0, 0.1) is 23.7 Å². The van der Waals surface area contributed by atoms with Gasteiger partial charge in [-0.15, -0.1) is 0 Å². The van der Waals surface area contributed by atoms with Crippen LogP contribution in [0.3, 0.4) is 0 Å². The van der Waals surface area contributed by atoms with E-state index in [0.717, 1.165) is 6.26 Å². The van der Waals surface area contributed by atoms with E-state index in [4.69, 9.17) is 46.8 Å². The average Bonchev–Trinajstić information content (AvgIpc) is 3.33. The number of nitrogens with zero attached hydrogens (tertiary/aromatic N) is 1. The lowest BCUT2D eigenvalue weighted by atomic mass is 9.74. The van der Waals surface area contributed by atoms with E-state index in [-0.39, 0.29) is 31.4 Å². The molecule has 2 unspecified atom stereocenters. The number of aliphatic hydroxyl groups excluding tert-OH is 2. The first-order valence-corrected chi connectivity index (χ1v) is 26.4. The number of esters is 3. The number of hydrogen-bond acceptors (Lipinski definition) is 18. The Morgan fingerprint density at radius 3 is 1.82 bits per heavy atom. The van der Waals surface area contributed by atoms with Gasteiger partial charge in [-0.3, -0.25) is 8.98 Å². The van der Waals surface area contributed by atoms with Crippen molar-refractivity contribution in [2.75, 3.05) is 34.6 Å². The third-order valence-electron chi connectivity index (χ3n) is 14.7. The first-order chi connectivity index (χ1) is 33.3. The van der Waals surface area contributed by atoms with Crippen LogP contribution >= 0.6 is 0 Å². The Kier molecular flexibility index (Phi) is 20.2. The average molecular weight is 1020 g/mol. The summed E-state index contributed by atoms with van der Waals surface area (Å²) in [5.41, 5.74) is -1.89. The number of benzene rings is 2. The molecule has 2 N–H and O–H groups in total. The number of carbonyl (C=O) groups is 3. The van der Waals surface area contributed by atoms with Gasteiger partial charge in [-0.05, 0) is 98.2 Å². The molecule has 18 nitrogen and oxygen atoms in total.